The molecule has 0 bridgehead atoms. The van der Waals surface area contributed by atoms with E-state index in [0.29, 0.717) is 0 Å². The number of carboxylic acid groups (broad SMARTS) is 1. The molecule has 6 N–H and O–H groups in total. The fraction of sp³-hybridized carbons (Fsp3) is 0.500. The third-order valence-electron chi connectivity index (χ3n) is 0.797. The van der Waals surface area contributed by atoms with E-state index >= 15 is 0 Å². The zero-order valence-electron chi connectivity index (χ0n) is 6.84. The second kappa shape index (κ2) is 6.48. The molecule has 0 aromatic carbocycles. The zero-order chi connectivity index (χ0) is 11.9. The summed E-state index contributed by atoms with van der Waals surface area (Å²) in [7, 11) is -4.94. The Morgan fingerprint density at radius 1 is 1.36 bits per heavy atom. The van der Waals surface area contributed by atoms with E-state index in [-0.39, 0.29) is 6.42 Å². The summed E-state index contributed by atoms with van der Waals surface area (Å²) < 4.78 is 34.0. The molecule has 0 aromatic rings. The number of carboxylic acids is 1. The van der Waals surface area contributed by atoms with E-state index in [1.807, 2.05) is 0 Å². The van der Waals surface area contributed by atoms with Crippen molar-refractivity contribution in [3.63, 3.8) is 0 Å². The Bertz CT molecular complexity index is 196. The number of nitrogens with two attached hydrogens (primary N) is 1. The number of aliphatic carboxylic acids is 1. The molecule has 9 nitrogen and oxygen atoms in total. The molecule has 0 aliphatic carbocycles. The first-order valence-electron chi connectivity index (χ1n) is 3.00. The maximum atomic E-state index is 10.0. The van der Waals surface area contributed by atoms with Crippen molar-refractivity contribution < 1.29 is 49.3 Å². The first-order valence-corrected chi connectivity index (χ1v) is 4.23. The fourth-order valence-electron chi connectivity index (χ4n) is 0.330. The number of carbonyl (C=O) groups is 2. The van der Waals surface area contributed by atoms with Crippen molar-refractivity contribution in [1.29, 1.82) is 0 Å². The van der Waals surface area contributed by atoms with Gasteiger partial charge in [-0.25, -0.2) is 23.4 Å². The molecule has 14 heavy (non-hydrogen) atoms. The highest BCUT2D eigenvalue weighted by Gasteiger charge is 2.17. The van der Waals surface area contributed by atoms with Gasteiger partial charge >= 0.3 is 5.97 Å². The van der Waals surface area contributed by atoms with Crippen LogP contribution in [0.3, 0.4) is 0 Å². The van der Waals surface area contributed by atoms with Crippen molar-refractivity contribution in [1.82, 2.24) is 0 Å². The number of amides is 1. The Kier molecular flexibility index (Phi) is 7.17. The zero-order valence-corrected chi connectivity index (χ0v) is 7.60. The van der Waals surface area contributed by atoms with E-state index in [4.69, 9.17) is 23.7 Å². The molecule has 0 rings (SSSR count). The van der Waals surface area contributed by atoms with Gasteiger partial charge in [-0.3, -0.25) is 4.79 Å². The average Bonchev–Trinajstić information content (AvgIpc) is 1.80. The van der Waals surface area contributed by atoms with Crippen LogP contribution in [-0.2, 0) is 9.59 Å². The quantitative estimate of drug-likeness (QED) is 0.428. The molecule has 0 saturated carbocycles. The Labute approximate surface area is 80.3 Å². The number of hydrogen-bond acceptors (Lipinski definition) is 6. The molecule has 10 heteroatoms. The summed E-state index contributed by atoms with van der Waals surface area (Å²) in [6.07, 6.45) is -0.199. The molecule has 0 fully saturated rings. The topological polar surface area (TPSA) is 200 Å². The number of hydrogen-bond donors (Lipinski definition) is 3. The van der Waals surface area contributed by atoms with Crippen LogP contribution < -0.4 is 30.1 Å². The standard InChI is InChI=1S/C4H8N2O3.ClHO4/c5-2(4(8)9)1-3(6)7;2-1(3,4)5/h2H,1,5H2,(H2,6,7)(H,8,9);(H,2,3,4,5)/t2-;/m1./s1. The summed E-state index contributed by atoms with van der Waals surface area (Å²) >= 11 is 0. The molecule has 0 aliphatic heterocycles. The van der Waals surface area contributed by atoms with Crippen molar-refractivity contribution in [2.45, 2.75) is 12.5 Å². The summed E-state index contributed by atoms with van der Waals surface area (Å²) in [5.41, 5.74) is 7.87. The summed E-state index contributed by atoms with van der Waals surface area (Å²) in [5, 5.41) is 8.16. The van der Waals surface area contributed by atoms with Gasteiger partial charge in [0.1, 0.15) is 0 Å². The molecule has 1 amide bonds. The highest BCUT2D eigenvalue weighted by Crippen LogP contribution is 1.81. The molecule has 84 valence electrons. The monoisotopic (exact) mass is 232 g/mol. The molecule has 0 heterocycles. The largest absolute Gasteiger partial charge is 0.477 e. The summed E-state index contributed by atoms with van der Waals surface area (Å²) in [5.74, 6) is -1.74. The van der Waals surface area contributed by atoms with Crippen molar-refractivity contribution in [3.8, 4) is 0 Å². The predicted octanol–water partition coefficient (Wildman–Crippen LogP) is -7.20. The third kappa shape index (κ3) is 22.5. The average molecular weight is 233 g/mol. The van der Waals surface area contributed by atoms with Crippen LogP contribution in [-0.4, -0.2) is 23.0 Å². The van der Waals surface area contributed by atoms with Crippen LogP contribution in [0.25, 0.3) is 0 Å². The first-order chi connectivity index (χ1) is 6.04. The van der Waals surface area contributed by atoms with Gasteiger partial charge in [0.25, 0.3) is 0 Å². The van der Waals surface area contributed by atoms with Crippen LogP contribution in [0.15, 0.2) is 0 Å². The van der Waals surface area contributed by atoms with Crippen molar-refractivity contribution in [2.24, 2.45) is 5.73 Å². The molecule has 0 saturated heterocycles. The normalized spacial score (nSPS) is 12.4. The molecule has 0 spiro atoms. The minimum Gasteiger partial charge on any atom is -0.477 e. The molecular weight excluding hydrogens is 224 g/mol. The van der Waals surface area contributed by atoms with Crippen LogP contribution in [0.2, 0.25) is 0 Å². The highest BCUT2D eigenvalue weighted by atomic mass is 35.7. The SMILES string of the molecule is NC(=O)C[C@@H]([NH3+])C(=O)O.[O-][Cl+3]([O-])([O-])[O-]. The second-order valence-electron chi connectivity index (χ2n) is 2.08. The summed E-state index contributed by atoms with van der Waals surface area (Å²) in [6.45, 7) is 0. The number of rotatable bonds is 3. The molecular formula is C4H9ClN2O7. The van der Waals surface area contributed by atoms with E-state index < -0.39 is 28.2 Å². The third-order valence-corrected chi connectivity index (χ3v) is 0.797. The summed E-state index contributed by atoms with van der Waals surface area (Å²) in [4.78, 5) is 20.0. The van der Waals surface area contributed by atoms with E-state index in [0.717, 1.165) is 0 Å². The lowest BCUT2D eigenvalue weighted by molar-refractivity contribution is -2.00. The fourth-order valence-corrected chi connectivity index (χ4v) is 0.330. The molecule has 0 aromatic heterocycles. The Balaban J connectivity index is 0. The van der Waals surface area contributed by atoms with E-state index in [2.05, 4.69) is 11.5 Å². The smallest absolute Gasteiger partial charge is 0.362 e. The predicted molar refractivity (Wildman–Crippen MR) is 28.1 cm³/mol. The lowest BCUT2D eigenvalue weighted by atomic mass is 10.2. The molecule has 1 atom stereocenters. The van der Waals surface area contributed by atoms with E-state index in [9.17, 15) is 9.59 Å². The van der Waals surface area contributed by atoms with Crippen molar-refractivity contribution in [2.75, 3.05) is 0 Å². The first kappa shape index (κ1) is 15.5. The maximum absolute atomic E-state index is 10.0. The van der Waals surface area contributed by atoms with Gasteiger partial charge in [0.05, 0.1) is 6.42 Å². The van der Waals surface area contributed by atoms with Gasteiger partial charge in [-0.15, -0.1) is 10.2 Å². The van der Waals surface area contributed by atoms with Gasteiger partial charge in [-0.2, -0.15) is 0 Å². The maximum Gasteiger partial charge on any atom is 0.362 e. The van der Waals surface area contributed by atoms with Crippen LogP contribution in [0.5, 0.6) is 0 Å². The minimum atomic E-state index is -4.94. The van der Waals surface area contributed by atoms with Gasteiger partial charge in [0.2, 0.25) is 5.91 Å². The van der Waals surface area contributed by atoms with Crippen molar-refractivity contribution >= 4 is 11.9 Å². The Hall–Kier alpha value is -0.970. The second-order valence-corrected chi connectivity index (χ2v) is 2.84. The number of carbonyl (C=O) groups excluding carboxylic acids is 1. The van der Waals surface area contributed by atoms with Crippen LogP contribution in [0, 0.1) is 10.2 Å². The number of halogens is 1. The molecule has 0 aliphatic rings. The number of quaternary nitrogens is 1. The van der Waals surface area contributed by atoms with Gasteiger partial charge < -0.3 is 16.6 Å². The van der Waals surface area contributed by atoms with Crippen LogP contribution >= 0.6 is 0 Å². The van der Waals surface area contributed by atoms with Crippen LogP contribution in [0.4, 0.5) is 0 Å². The van der Waals surface area contributed by atoms with Crippen LogP contribution in [0.1, 0.15) is 6.42 Å². The molecule has 0 unspecified atom stereocenters. The van der Waals surface area contributed by atoms with Gasteiger partial charge in [0.15, 0.2) is 6.04 Å². The highest BCUT2D eigenvalue weighted by molar-refractivity contribution is 5.81. The minimum absolute atomic E-state index is 0.199. The summed E-state index contributed by atoms with van der Waals surface area (Å²) in [6, 6.07) is -0.914. The van der Waals surface area contributed by atoms with Crippen molar-refractivity contribution in [3.05, 3.63) is 0 Å². The lowest BCUT2D eigenvalue weighted by Gasteiger charge is -2.17. The van der Waals surface area contributed by atoms with Gasteiger partial charge in [-0.05, 0) is 0 Å². The Morgan fingerprint density at radius 3 is 1.71 bits per heavy atom. The van der Waals surface area contributed by atoms with E-state index in [1.165, 1.54) is 0 Å². The van der Waals surface area contributed by atoms with E-state index in [1.54, 1.807) is 0 Å². The lowest BCUT2D eigenvalue weighted by Crippen LogP contribution is -2.68. The molecule has 0 radical (unpaired) electrons. The van der Waals surface area contributed by atoms with Gasteiger partial charge in [-0.1, -0.05) is 0 Å². The number of primary amides is 1. The Morgan fingerprint density at radius 2 is 1.64 bits per heavy atom. The van der Waals surface area contributed by atoms with Gasteiger partial charge in [0, 0.05) is 0 Å².